The molecule has 0 saturated carbocycles. The van der Waals surface area contributed by atoms with Gasteiger partial charge in [0.15, 0.2) is 5.96 Å². The van der Waals surface area contributed by atoms with E-state index in [2.05, 4.69) is 38.7 Å². The molecule has 24 heavy (non-hydrogen) atoms. The molecule has 0 amide bonds. The molecule has 3 heterocycles. The fourth-order valence-corrected chi connectivity index (χ4v) is 3.57. The third kappa shape index (κ3) is 4.48. The van der Waals surface area contributed by atoms with Crippen LogP contribution in [0.25, 0.3) is 0 Å². The first-order valence-electron chi connectivity index (χ1n) is 7.76. The van der Waals surface area contributed by atoms with Gasteiger partial charge >= 0.3 is 0 Å². The summed E-state index contributed by atoms with van der Waals surface area (Å²) in [4.78, 5) is 8.04. The van der Waals surface area contributed by atoms with Crippen molar-refractivity contribution < 1.29 is 4.74 Å². The van der Waals surface area contributed by atoms with Crippen LogP contribution in [-0.2, 0) is 18.3 Å². The van der Waals surface area contributed by atoms with Crippen molar-refractivity contribution in [3.63, 3.8) is 0 Å². The first-order chi connectivity index (χ1) is 11.2. The Morgan fingerprint density at radius 3 is 3.00 bits per heavy atom. The molecule has 1 atom stereocenters. The number of thiophene rings is 1. The lowest BCUT2D eigenvalue weighted by Crippen LogP contribution is -2.47. The summed E-state index contributed by atoms with van der Waals surface area (Å²) in [6.07, 6.45) is 3.93. The van der Waals surface area contributed by atoms with Gasteiger partial charge < -0.3 is 15.0 Å². The number of halogens is 1. The minimum absolute atomic E-state index is 0. The van der Waals surface area contributed by atoms with Crippen molar-refractivity contribution in [2.45, 2.75) is 19.6 Å². The zero-order valence-electron chi connectivity index (χ0n) is 14.2. The van der Waals surface area contributed by atoms with Crippen LogP contribution >= 0.6 is 35.3 Å². The predicted molar refractivity (Wildman–Crippen MR) is 108 cm³/mol. The highest BCUT2D eigenvalue weighted by Gasteiger charge is 2.25. The number of aryl methyl sites for hydroxylation is 2. The number of hydrogen-bond acceptors (Lipinski definition) is 4. The highest BCUT2D eigenvalue weighted by Crippen LogP contribution is 2.22. The molecule has 0 bridgehead atoms. The topological polar surface area (TPSA) is 54.7 Å². The van der Waals surface area contributed by atoms with Crippen LogP contribution in [0.2, 0.25) is 0 Å². The van der Waals surface area contributed by atoms with Gasteiger partial charge in [-0.1, -0.05) is 0 Å². The number of aromatic nitrogens is 2. The number of ether oxygens (including phenoxy) is 1. The summed E-state index contributed by atoms with van der Waals surface area (Å²) >= 11 is 1.78. The quantitative estimate of drug-likeness (QED) is 0.434. The van der Waals surface area contributed by atoms with Gasteiger partial charge in [-0.05, 0) is 23.9 Å². The lowest BCUT2D eigenvalue weighted by atomic mass is 10.1. The van der Waals surface area contributed by atoms with Gasteiger partial charge in [0, 0.05) is 37.3 Å². The van der Waals surface area contributed by atoms with Crippen LogP contribution in [0.4, 0.5) is 0 Å². The summed E-state index contributed by atoms with van der Waals surface area (Å²) in [7, 11) is 3.76. The van der Waals surface area contributed by atoms with Crippen LogP contribution in [0.15, 0.2) is 28.8 Å². The zero-order valence-corrected chi connectivity index (χ0v) is 17.4. The van der Waals surface area contributed by atoms with E-state index in [0.29, 0.717) is 6.61 Å². The number of nitrogens with zero attached hydrogens (tertiary/aromatic N) is 4. The van der Waals surface area contributed by atoms with Gasteiger partial charge in [0.25, 0.3) is 0 Å². The summed E-state index contributed by atoms with van der Waals surface area (Å²) in [5.41, 5.74) is 2.44. The molecule has 0 spiro atoms. The van der Waals surface area contributed by atoms with Crippen molar-refractivity contribution in [1.29, 1.82) is 0 Å². The summed E-state index contributed by atoms with van der Waals surface area (Å²) in [6, 6.07) is 2.15. The second kappa shape index (κ2) is 8.82. The van der Waals surface area contributed by atoms with E-state index in [9.17, 15) is 0 Å². The lowest BCUT2D eigenvalue weighted by molar-refractivity contribution is -0.00804. The van der Waals surface area contributed by atoms with Crippen molar-refractivity contribution in [3.05, 3.63) is 39.8 Å². The van der Waals surface area contributed by atoms with E-state index in [1.54, 1.807) is 11.3 Å². The number of guanidine groups is 1. The molecule has 0 aromatic carbocycles. The Bertz CT molecular complexity index is 684. The van der Waals surface area contributed by atoms with Gasteiger partial charge in [0.05, 0.1) is 25.9 Å². The van der Waals surface area contributed by atoms with Crippen LogP contribution in [0.1, 0.15) is 22.1 Å². The average Bonchev–Trinajstić information content (AvgIpc) is 3.17. The molecule has 1 aliphatic heterocycles. The fraction of sp³-hybridized carbons (Fsp3) is 0.500. The van der Waals surface area contributed by atoms with Crippen LogP contribution in [0.3, 0.4) is 0 Å². The Morgan fingerprint density at radius 2 is 2.38 bits per heavy atom. The molecular weight excluding hydrogens is 437 g/mol. The Labute approximate surface area is 163 Å². The molecule has 0 aliphatic carbocycles. The first kappa shape index (κ1) is 19.2. The maximum absolute atomic E-state index is 5.90. The Balaban J connectivity index is 0.00000208. The third-order valence-corrected chi connectivity index (χ3v) is 5.07. The van der Waals surface area contributed by atoms with Crippen molar-refractivity contribution in [2.24, 2.45) is 12.0 Å². The van der Waals surface area contributed by atoms with E-state index in [4.69, 9.17) is 4.74 Å². The van der Waals surface area contributed by atoms with Crippen LogP contribution < -0.4 is 5.32 Å². The lowest BCUT2D eigenvalue weighted by Gasteiger charge is -2.34. The highest BCUT2D eigenvalue weighted by atomic mass is 127. The molecule has 3 rings (SSSR count). The average molecular weight is 461 g/mol. The zero-order chi connectivity index (χ0) is 16.2. The van der Waals surface area contributed by atoms with Crippen LogP contribution in [-0.4, -0.2) is 47.4 Å². The third-order valence-electron chi connectivity index (χ3n) is 4.05. The molecule has 1 N–H and O–H groups in total. The molecule has 1 unspecified atom stereocenters. The minimum Gasteiger partial charge on any atom is -0.370 e. The van der Waals surface area contributed by atoms with E-state index < -0.39 is 0 Å². The second-order valence-corrected chi connectivity index (χ2v) is 6.68. The van der Waals surface area contributed by atoms with Gasteiger partial charge in [-0.15, -0.1) is 35.3 Å². The van der Waals surface area contributed by atoms with Crippen molar-refractivity contribution in [1.82, 2.24) is 20.0 Å². The monoisotopic (exact) mass is 461 g/mol. The maximum Gasteiger partial charge on any atom is 0.194 e. The molecule has 2 aromatic rings. The summed E-state index contributed by atoms with van der Waals surface area (Å²) in [5.74, 6) is 0.926. The molecular formula is C16H24IN5OS. The summed E-state index contributed by atoms with van der Waals surface area (Å²) in [5, 5.41) is 9.83. The van der Waals surface area contributed by atoms with Crippen LogP contribution in [0.5, 0.6) is 0 Å². The summed E-state index contributed by atoms with van der Waals surface area (Å²) < 4.78 is 7.71. The molecule has 8 heteroatoms. The van der Waals surface area contributed by atoms with Gasteiger partial charge in [0.1, 0.15) is 6.10 Å². The van der Waals surface area contributed by atoms with E-state index in [0.717, 1.165) is 31.2 Å². The molecule has 2 aromatic heterocycles. The summed E-state index contributed by atoms with van der Waals surface area (Å²) in [6.45, 7) is 5.28. The fourth-order valence-electron chi connectivity index (χ4n) is 2.73. The van der Waals surface area contributed by atoms with Gasteiger partial charge in [-0.2, -0.15) is 5.10 Å². The molecule has 1 aliphatic rings. The number of aliphatic imine (C=N–C) groups is 1. The molecule has 0 radical (unpaired) electrons. The Hall–Kier alpha value is -1.13. The number of hydrogen-bond donors (Lipinski definition) is 1. The Kier molecular flexibility index (Phi) is 7.05. The number of morpholine rings is 1. The van der Waals surface area contributed by atoms with Crippen molar-refractivity contribution in [2.75, 3.05) is 26.7 Å². The van der Waals surface area contributed by atoms with Gasteiger partial charge in [-0.3, -0.25) is 9.67 Å². The molecule has 132 valence electrons. The second-order valence-electron chi connectivity index (χ2n) is 5.68. The first-order valence-corrected chi connectivity index (χ1v) is 8.64. The van der Waals surface area contributed by atoms with E-state index in [1.807, 2.05) is 31.2 Å². The molecule has 1 fully saturated rings. The maximum atomic E-state index is 5.90. The SMILES string of the molecule is CN=C(NCc1sccc1C)N1CCOC(c2cnn(C)c2)C1.I. The smallest absolute Gasteiger partial charge is 0.194 e. The van der Waals surface area contributed by atoms with Crippen LogP contribution in [0, 0.1) is 6.92 Å². The molecule has 6 nitrogen and oxygen atoms in total. The predicted octanol–water partition coefficient (Wildman–Crippen LogP) is 2.56. The van der Waals surface area contributed by atoms with E-state index >= 15 is 0 Å². The van der Waals surface area contributed by atoms with Crippen molar-refractivity contribution in [3.8, 4) is 0 Å². The molecule has 1 saturated heterocycles. The Morgan fingerprint density at radius 1 is 1.54 bits per heavy atom. The standard InChI is InChI=1S/C16H23N5OS.HI/c1-12-4-7-23-15(12)9-18-16(17-2)21-5-6-22-14(11-21)13-8-19-20(3)10-13;/h4,7-8,10,14H,5-6,9,11H2,1-3H3,(H,17,18);1H. The number of rotatable bonds is 3. The van der Waals surface area contributed by atoms with Crippen molar-refractivity contribution >= 4 is 41.3 Å². The van der Waals surface area contributed by atoms with Gasteiger partial charge in [0.2, 0.25) is 0 Å². The number of nitrogens with one attached hydrogen (secondary N) is 1. The highest BCUT2D eigenvalue weighted by molar-refractivity contribution is 14.0. The minimum atomic E-state index is 0. The normalized spacial score (nSPS) is 18.4. The van der Waals surface area contributed by atoms with E-state index in [1.165, 1.54) is 10.4 Å². The van der Waals surface area contributed by atoms with Gasteiger partial charge in [-0.25, -0.2) is 0 Å². The largest absolute Gasteiger partial charge is 0.370 e. The van der Waals surface area contributed by atoms with E-state index in [-0.39, 0.29) is 30.1 Å².